The highest BCUT2D eigenvalue weighted by Crippen LogP contribution is 2.07. The van der Waals surface area contributed by atoms with Gasteiger partial charge in [-0.25, -0.2) is 8.42 Å². The molecule has 2 aromatic rings. The van der Waals surface area contributed by atoms with Crippen LogP contribution < -0.4 is 4.68 Å². The van der Waals surface area contributed by atoms with E-state index in [1.165, 1.54) is 6.92 Å². The van der Waals surface area contributed by atoms with Gasteiger partial charge in [-0.3, -0.25) is 0 Å². The molecule has 0 saturated heterocycles. The van der Waals surface area contributed by atoms with Crippen molar-refractivity contribution in [1.82, 2.24) is 5.10 Å². The lowest BCUT2D eigenvalue weighted by atomic mass is 10.2. The van der Waals surface area contributed by atoms with Crippen molar-refractivity contribution in [3.8, 4) is 0 Å². The molecule has 18 heavy (non-hydrogen) atoms. The van der Waals surface area contributed by atoms with Crippen LogP contribution in [0.2, 0.25) is 0 Å². The highest BCUT2D eigenvalue weighted by Gasteiger charge is 2.13. The Labute approximate surface area is 106 Å². The predicted octanol–water partition coefficient (Wildman–Crippen LogP) is 0.846. The maximum atomic E-state index is 10.8. The SMILES string of the molecule is CC(CC[n+]1ccc2ccccc2n1)S(=O)(=O)[O-]. The number of aromatic nitrogens is 2. The van der Waals surface area contributed by atoms with Gasteiger partial charge in [-0.15, -0.1) is 0 Å². The van der Waals surface area contributed by atoms with Gasteiger partial charge in [0.05, 0.1) is 15.4 Å². The second kappa shape index (κ2) is 4.99. The molecule has 0 radical (unpaired) electrons. The van der Waals surface area contributed by atoms with Crippen LogP contribution in [0.3, 0.4) is 0 Å². The Morgan fingerprint density at radius 1 is 1.33 bits per heavy atom. The van der Waals surface area contributed by atoms with Crippen LogP contribution in [0.25, 0.3) is 10.9 Å². The number of rotatable bonds is 4. The van der Waals surface area contributed by atoms with E-state index in [0.29, 0.717) is 6.54 Å². The maximum absolute atomic E-state index is 10.8. The minimum atomic E-state index is -4.21. The van der Waals surface area contributed by atoms with Crippen LogP contribution in [0, 0.1) is 0 Å². The normalized spacial score (nSPS) is 13.7. The minimum absolute atomic E-state index is 0.266. The number of aryl methyl sites for hydroxylation is 1. The number of benzene rings is 1. The molecule has 0 bridgehead atoms. The number of nitrogens with zero attached hydrogens (tertiary/aromatic N) is 2. The molecule has 0 N–H and O–H groups in total. The number of hydrogen-bond acceptors (Lipinski definition) is 4. The first-order chi connectivity index (χ1) is 8.47. The van der Waals surface area contributed by atoms with E-state index >= 15 is 0 Å². The van der Waals surface area contributed by atoms with Crippen LogP contribution in [0.4, 0.5) is 0 Å². The average molecular weight is 266 g/mol. The summed E-state index contributed by atoms with van der Waals surface area (Å²) in [5.74, 6) is 0. The monoisotopic (exact) mass is 266 g/mol. The summed E-state index contributed by atoms with van der Waals surface area (Å²) >= 11 is 0. The fraction of sp³-hybridized carbons (Fsp3) is 0.333. The molecule has 1 atom stereocenters. The van der Waals surface area contributed by atoms with Gasteiger partial charge >= 0.3 is 0 Å². The third kappa shape index (κ3) is 3.02. The second-order valence-corrected chi connectivity index (χ2v) is 6.02. The lowest BCUT2D eigenvalue weighted by Gasteiger charge is -2.13. The average Bonchev–Trinajstić information content (AvgIpc) is 2.34. The van der Waals surface area contributed by atoms with E-state index in [1.807, 2.05) is 30.3 Å². The fourth-order valence-electron chi connectivity index (χ4n) is 1.64. The number of fused-ring (bicyclic) bond motifs is 1. The first-order valence-corrected chi connectivity index (χ1v) is 7.14. The summed E-state index contributed by atoms with van der Waals surface area (Å²) in [5, 5.41) is 4.48. The van der Waals surface area contributed by atoms with Crippen LogP contribution in [0.15, 0.2) is 36.5 Å². The molecule has 5 nitrogen and oxygen atoms in total. The van der Waals surface area contributed by atoms with Crippen LogP contribution >= 0.6 is 0 Å². The summed E-state index contributed by atoms with van der Waals surface area (Å²) in [7, 11) is -4.21. The summed E-state index contributed by atoms with van der Waals surface area (Å²) in [6.45, 7) is 1.83. The zero-order valence-electron chi connectivity index (χ0n) is 9.98. The summed E-state index contributed by atoms with van der Waals surface area (Å²) in [5.41, 5.74) is 0.845. The lowest BCUT2D eigenvalue weighted by Crippen LogP contribution is -2.39. The van der Waals surface area contributed by atoms with Crippen molar-refractivity contribution in [3.05, 3.63) is 36.5 Å². The lowest BCUT2D eigenvalue weighted by molar-refractivity contribution is -0.751. The van der Waals surface area contributed by atoms with Crippen molar-refractivity contribution in [3.63, 3.8) is 0 Å². The van der Waals surface area contributed by atoms with Crippen molar-refractivity contribution in [1.29, 1.82) is 0 Å². The van der Waals surface area contributed by atoms with Gasteiger partial charge in [-0.2, -0.15) is 0 Å². The van der Waals surface area contributed by atoms with E-state index in [9.17, 15) is 13.0 Å². The van der Waals surface area contributed by atoms with Crippen LogP contribution in [0.1, 0.15) is 13.3 Å². The molecule has 0 spiro atoms. The summed E-state index contributed by atoms with van der Waals surface area (Å²) in [6.07, 6.45) is 2.05. The fourth-order valence-corrected chi connectivity index (χ4v) is 2.03. The summed E-state index contributed by atoms with van der Waals surface area (Å²) in [6, 6.07) is 9.58. The second-order valence-electron chi connectivity index (χ2n) is 4.23. The van der Waals surface area contributed by atoms with E-state index in [-0.39, 0.29) is 6.42 Å². The summed E-state index contributed by atoms with van der Waals surface area (Å²) < 4.78 is 34.0. The third-order valence-electron chi connectivity index (χ3n) is 2.86. The van der Waals surface area contributed by atoms with Gasteiger partial charge in [0.15, 0.2) is 12.7 Å². The standard InChI is InChI=1S/C12H14N2O3S/c1-10(18(15,16)17)6-8-14-9-7-11-4-2-3-5-12(11)13-14/h2-5,7,9-10H,6,8H2,1H3. The number of hydrogen-bond donors (Lipinski definition) is 0. The molecule has 1 unspecified atom stereocenters. The Kier molecular flexibility index (Phi) is 3.58. The molecule has 1 aromatic carbocycles. The zero-order valence-corrected chi connectivity index (χ0v) is 10.8. The van der Waals surface area contributed by atoms with Crippen molar-refractivity contribution in [2.45, 2.75) is 25.1 Å². The predicted molar refractivity (Wildman–Crippen MR) is 65.7 cm³/mol. The highest BCUT2D eigenvalue weighted by molar-refractivity contribution is 7.86. The molecule has 1 aromatic heterocycles. The van der Waals surface area contributed by atoms with E-state index < -0.39 is 15.4 Å². The molecule has 0 amide bonds. The van der Waals surface area contributed by atoms with E-state index in [2.05, 4.69) is 5.10 Å². The van der Waals surface area contributed by atoms with Crippen LogP contribution in [-0.2, 0) is 16.7 Å². The zero-order chi connectivity index (χ0) is 13.2. The first-order valence-electron chi connectivity index (χ1n) is 5.67. The molecule has 0 fully saturated rings. The smallest absolute Gasteiger partial charge is 0.196 e. The maximum Gasteiger partial charge on any atom is 0.196 e. The van der Waals surface area contributed by atoms with Gasteiger partial charge in [-0.1, -0.05) is 22.9 Å². The van der Waals surface area contributed by atoms with Gasteiger partial charge in [0.2, 0.25) is 0 Å². The molecule has 0 aliphatic carbocycles. The van der Waals surface area contributed by atoms with Gasteiger partial charge in [0.1, 0.15) is 5.52 Å². The Morgan fingerprint density at radius 3 is 2.78 bits per heavy atom. The van der Waals surface area contributed by atoms with E-state index in [4.69, 9.17) is 0 Å². The largest absolute Gasteiger partial charge is 0.748 e. The topological polar surface area (TPSA) is 74.0 Å². The Bertz CT molecular complexity index is 655. The van der Waals surface area contributed by atoms with Crippen molar-refractivity contribution in [2.75, 3.05) is 0 Å². The van der Waals surface area contributed by atoms with E-state index in [0.717, 1.165) is 10.9 Å². The first kappa shape index (κ1) is 12.9. The third-order valence-corrected chi connectivity index (χ3v) is 4.08. The van der Waals surface area contributed by atoms with E-state index in [1.54, 1.807) is 10.9 Å². The Hall–Kier alpha value is -1.53. The minimum Gasteiger partial charge on any atom is -0.748 e. The van der Waals surface area contributed by atoms with Gasteiger partial charge < -0.3 is 4.55 Å². The van der Waals surface area contributed by atoms with Gasteiger partial charge in [0, 0.05) is 23.0 Å². The molecule has 6 heteroatoms. The molecular weight excluding hydrogens is 252 g/mol. The molecule has 1 heterocycles. The molecule has 96 valence electrons. The quantitative estimate of drug-likeness (QED) is 0.607. The van der Waals surface area contributed by atoms with Crippen LogP contribution in [-0.4, -0.2) is 23.3 Å². The molecule has 0 aliphatic heterocycles. The van der Waals surface area contributed by atoms with Crippen molar-refractivity contribution in [2.24, 2.45) is 0 Å². The van der Waals surface area contributed by atoms with Gasteiger partial charge in [-0.05, 0) is 13.0 Å². The molecular formula is C12H14N2O3S. The van der Waals surface area contributed by atoms with Gasteiger partial charge in [0.25, 0.3) is 0 Å². The Balaban J connectivity index is 2.13. The molecule has 0 aliphatic rings. The molecule has 2 rings (SSSR count). The Morgan fingerprint density at radius 2 is 2.06 bits per heavy atom. The summed E-state index contributed by atoms with van der Waals surface area (Å²) in [4.78, 5) is 0. The van der Waals surface area contributed by atoms with Crippen molar-refractivity contribution < 1.29 is 17.7 Å². The highest BCUT2D eigenvalue weighted by atomic mass is 32.2. The van der Waals surface area contributed by atoms with Crippen molar-refractivity contribution >= 4 is 21.0 Å². The molecule has 0 saturated carbocycles. The van der Waals surface area contributed by atoms with Crippen LogP contribution in [0.5, 0.6) is 0 Å².